The number of aryl methyl sites for hydroxylation is 2. The van der Waals surface area contributed by atoms with Gasteiger partial charge in [-0.05, 0) is 62.1 Å². The molecule has 2 rings (SSSR count). The first-order valence-electron chi connectivity index (χ1n) is 10.2. The maximum Gasteiger partial charge on any atom is 0.221 e. The summed E-state index contributed by atoms with van der Waals surface area (Å²) in [5.41, 5.74) is 5.99. The fraction of sp³-hybridized carbons (Fsp3) is 0.417. The van der Waals surface area contributed by atoms with Crippen molar-refractivity contribution in [1.82, 2.24) is 0 Å². The van der Waals surface area contributed by atoms with Crippen LogP contribution in [0.15, 0.2) is 36.4 Å². The number of hydrogen-bond donors (Lipinski definition) is 2. The number of rotatable bonds is 8. The Kier molecular flexibility index (Phi) is 11.4. The van der Waals surface area contributed by atoms with Gasteiger partial charge in [0.2, 0.25) is 11.8 Å². The van der Waals surface area contributed by atoms with Crippen LogP contribution in [-0.2, 0) is 32.3 Å². The third-order valence-corrected chi connectivity index (χ3v) is 4.17. The lowest BCUT2D eigenvalue weighted by Gasteiger charge is -2.09. The van der Waals surface area contributed by atoms with E-state index in [4.69, 9.17) is 9.47 Å². The minimum absolute atomic E-state index is 0.0494. The van der Waals surface area contributed by atoms with Crippen LogP contribution in [0.2, 0.25) is 0 Å². The van der Waals surface area contributed by atoms with Crippen molar-refractivity contribution in [2.75, 3.05) is 23.8 Å². The Morgan fingerprint density at radius 1 is 0.733 bits per heavy atom. The van der Waals surface area contributed by atoms with Crippen molar-refractivity contribution in [2.45, 2.75) is 54.8 Å². The van der Waals surface area contributed by atoms with Crippen LogP contribution in [0.5, 0.6) is 0 Å². The largest absolute Gasteiger partial charge is 0.377 e. The lowest BCUT2D eigenvalue weighted by molar-refractivity contribution is -0.115. The number of benzene rings is 2. The monoisotopic (exact) mass is 414 g/mol. The number of anilines is 2. The second kappa shape index (κ2) is 13.5. The van der Waals surface area contributed by atoms with Crippen molar-refractivity contribution < 1.29 is 19.1 Å². The van der Waals surface area contributed by atoms with Gasteiger partial charge in [0.05, 0.1) is 13.2 Å². The fourth-order valence-corrected chi connectivity index (χ4v) is 2.61. The van der Waals surface area contributed by atoms with Gasteiger partial charge in [0.1, 0.15) is 0 Å². The molecular weight excluding hydrogens is 380 g/mol. The molecule has 0 unspecified atom stereocenters. The summed E-state index contributed by atoms with van der Waals surface area (Å²) in [4.78, 5) is 21.9. The van der Waals surface area contributed by atoms with Gasteiger partial charge in [-0.25, -0.2) is 0 Å². The molecule has 2 aromatic rings. The standard InChI is InChI=1S/2C12H17NO2/c2*1-4-15-8-11-6-5-9(2)12(7-11)13-10(3)14/h2*5-7H,4,8H2,1-3H3,(H,13,14). The van der Waals surface area contributed by atoms with E-state index in [0.29, 0.717) is 26.4 Å². The van der Waals surface area contributed by atoms with Crippen LogP contribution in [-0.4, -0.2) is 25.0 Å². The van der Waals surface area contributed by atoms with E-state index in [1.807, 2.05) is 64.1 Å². The maximum absolute atomic E-state index is 10.9. The summed E-state index contributed by atoms with van der Waals surface area (Å²) in [7, 11) is 0. The molecule has 2 aromatic carbocycles. The zero-order valence-electron chi connectivity index (χ0n) is 18.9. The average molecular weight is 415 g/mol. The first kappa shape index (κ1) is 25.3. The lowest BCUT2D eigenvalue weighted by atomic mass is 10.1. The van der Waals surface area contributed by atoms with Crippen LogP contribution in [0.1, 0.15) is 49.9 Å². The number of nitrogens with one attached hydrogen (secondary N) is 2. The van der Waals surface area contributed by atoms with Crippen LogP contribution >= 0.6 is 0 Å². The molecule has 2 N–H and O–H groups in total. The highest BCUT2D eigenvalue weighted by atomic mass is 16.5. The molecule has 0 atom stereocenters. The zero-order valence-corrected chi connectivity index (χ0v) is 18.9. The van der Waals surface area contributed by atoms with E-state index in [1.54, 1.807) is 0 Å². The Hall–Kier alpha value is -2.70. The summed E-state index contributed by atoms with van der Waals surface area (Å²) in [5, 5.41) is 5.59. The highest BCUT2D eigenvalue weighted by Gasteiger charge is 2.03. The Bertz CT molecular complexity index is 764. The van der Waals surface area contributed by atoms with Crippen LogP contribution in [0.25, 0.3) is 0 Å². The average Bonchev–Trinajstić information content (AvgIpc) is 2.69. The van der Waals surface area contributed by atoms with Gasteiger partial charge in [-0.2, -0.15) is 0 Å². The van der Waals surface area contributed by atoms with Crippen LogP contribution in [0.3, 0.4) is 0 Å². The van der Waals surface area contributed by atoms with Gasteiger partial charge in [0, 0.05) is 38.4 Å². The summed E-state index contributed by atoms with van der Waals surface area (Å²) in [6.45, 7) is 13.4. The molecule has 0 spiro atoms. The summed E-state index contributed by atoms with van der Waals surface area (Å²) in [5.74, 6) is -0.0988. The zero-order chi connectivity index (χ0) is 22.5. The summed E-state index contributed by atoms with van der Waals surface area (Å²) >= 11 is 0. The molecule has 164 valence electrons. The Balaban J connectivity index is 0.000000300. The Morgan fingerprint density at radius 3 is 1.40 bits per heavy atom. The van der Waals surface area contributed by atoms with E-state index < -0.39 is 0 Å². The van der Waals surface area contributed by atoms with Crippen molar-refractivity contribution in [3.05, 3.63) is 58.7 Å². The van der Waals surface area contributed by atoms with Gasteiger partial charge < -0.3 is 20.1 Å². The van der Waals surface area contributed by atoms with Gasteiger partial charge in [-0.3, -0.25) is 9.59 Å². The minimum Gasteiger partial charge on any atom is -0.377 e. The normalized spacial score (nSPS) is 10.1. The van der Waals surface area contributed by atoms with Gasteiger partial charge >= 0.3 is 0 Å². The molecule has 2 amide bonds. The summed E-state index contributed by atoms with van der Waals surface area (Å²) in [6.07, 6.45) is 0. The molecule has 0 saturated carbocycles. The second-order valence-corrected chi connectivity index (χ2v) is 6.94. The quantitative estimate of drug-likeness (QED) is 0.639. The third kappa shape index (κ3) is 9.67. The van der Waals surface area contributed by atoms with E-state index >= 15 is 0 Å². The van der Waals surface area contributed by atoms with E-state index in [0.717, 1.165) is 33.6 Å². The molecule has 0 fully saturated rings. The number of carbonyl (C=O) groups is 2. The predicted molar refractivity (Wildman–Crippen MR) is 122 cm³/mol. The van der Waals surface area contributed by atoms with Crippen molar-refractivity contribution in [2.24, 2.45) is 0 Å². The number of amides is 2. The molecule has 0 aliphatic carbocycles. The summed E-state index contributed by atoms with van der Waals surface area (Å²) < 4.78 is 10.6. The van der Waals surface area contributed by atoms with Crippen LogP contribution in [0.4, 0.5) is 11.4 Å². The highest BCUT2D eigenvalue weighted by Crippen LogP contribution is 2.18. The Morgan fingerprint density at radius 2 is 1.10 bits per heavy atom. The lowest BCUT2D eigenvalue weighted by Crippen LogP contribution is -2.07. The molecule has 0 aliphatic rings. The van der Waals surface area contributed by atoms with Crippen LogP contribution in [0, 0.1) is 13.8 Å². The van der Waals surface area contributed by atoms with Crippen molar-refractivity contribution >= 4 is 23.2 Å². The minimum atomic E-state index is -0.0494. The number of ether oxygens (including phenoxy) is 2. The second-order valence-electron chi connectivity index (χ2n) is 6.94. The third-order valence-electron chi connectivity index (χ3n) is 4.17. The topological polar surface area (TPSA) is 76.7 Å². The fourth-order valence-electron chi connectivity index (χ4n) is 2.61. The number of hydrogen-bond acceptors (Lipinski definition) is 4. The maximum atomic E-state index is 10.9. The molecule has 0 bridgehead atoms. The molecule has 0 aromatic heterocycles. The van der Waals surface area contributed by atoms with Gasteiger partial charge in [-0.1, -0.05) is 24.3 Å². The van der Waals surface area contributed by atoms with Gasteiger partial charge in [-0.15, -0.1) is 0 Å². The first-order chi connectivity index (χ1) is 14.3. The predicted octanol–water partition coefficient (Wildman–Crippen LogP) is 4.98. The van der Waals surface area contributed by atoms with Crippen molar-refractivity contribution in [1.29, 1.82) is 0 Å². The van der Waals surface area contributed by atoms with E-state index in [-0.39, 0.29) is 11.8 Å². The van der Waals surface area contributed by atoms with Gasteiger partial charge in [0.25, 0.3) is 0 Å². The van der Waals surface area contributed by atoms with E-state index in [1.165, 1.54) is 13.8 Å². The molecule has 0 heterocycles. The number of carbonyl (C=O) groups excluding carboxylic acids is 2. The highest BCUT2D eigenvalue weighted by molar-refractivity contribution is 5.90. The molecule has 0 saturated heterocycles. The molecule has 0 radical (unpaired) electrons. The molecule has 6 nitrogen and oxygen atoms in total. The van der Waals surface area contributed by atoms with Crippen molar-refractivity contribution in [3.8, 4) is 0 Å². The van der Waals surface area contributed by atoms with Gasteiger partial charge in [0.15, 0.2) is 0 Å². The van der Waals surface area contributed by atoms with E-state index in [9.17, 15) is 9.59 Å². The van der Waals surface area contributed by atoms with Crippen molar-refractivity contribution in [3.63, 3.8) is 0 Å². The summed E-state index contributed by atoms with van der Waals surface area (Å²) in [6, 6.07) is 11.9. The first-order valence-corrected chi connectivity index (χ1v) is 10.2. The molecule has 30 heavy (non-hydrogen) atoms. The van der Waals surface area contributed by atoms with Crippen LogP contribution < -0.4 is 10.6 Å². The smallest absolute Gasteiger partial charge is 0.221 e. The molecular formula is C24H34N2O4. The Labute approximate surface area is 180 Å². The molecule has 6 heteroatoms. The molecule has 0 aliphatic heterocycles. The SMILES string of the molecule is CCOCc1ccc(C)c(NC(C)=O)c1.CCOCc1ccc(C)c(NC(C)=O)c1. The van der Waals surface area contributed by atoms with E-state index in [2.05, 4.69) is 10.6 Å².